The van der Waals surface area contributed by atoms with Gasteiger partial charge in [0.15, 0.2) is 0 Å². The molecule has 4 rings (SSSR count). The van der Waals surface area contributed by atoms with Gasteiger partial charge < -0.3 is 15.0 Å². The van der Waals surface area contributed by atoms with E-state index in [1.165, 1.54) is 27.9 Å². The summed E-state index contributed by atoms with van der Waals surface area (Å²) in [6, 6.07) is 10.2. The Labute approximate surface area is 183 Å². The van der Waals surface area contributed by atoms with E-state index in [4.69, 9.17) is 16.3 Å². The number of hydrogen-bond donors (Lipinski definition) is 2. The molecule has 10 heteroatoms. The van der Waals surface area contributed by atoms with Crippen LogP contribution in [-0.4, -0.2) is 49.9 Å². The van der Waals surface area contributed by atoms with Crippen LogP contribution in [0.3, 0.4) is 0 Å². The number of nitrogens with zero attached hydrogens (tertiary/aromatic N) is 1. The highest BCUT2D eigenvalue weighted by Crippen LogP contribution is 2.26. The Bertz CT molecular complexity index is 1110. The second-order valence-electron chi connectivity index (χ2n) is 6.78. The fourth-order valence-electron chi connectivity index (χ4n) is 3.25. The van der Waals surface area contributed by atoms with Crippen molar-refractivity contribution in [2.45, 2.75) is 10.9 Å². The highest BCUT2D eigenvalue weighted by molar-refractivity contribution is 7.89. The third-order valence-corrected chi connectivity index (χ3v) is 7.69. The van der Waals surface area contributed by atoms with Crippen molar-refractivity contribution in [3.8, 4) is 0 Å². The van der Waals surface area contributed by atoms with Gasteiger partial charge in [0.25, 0.3) is 5.91 Å². The van der Waals surface area contributed by atoms with Crippen LogP contribution in [0.25, 0.3) is 0 Å². The monoisotopic (exact) mass is 465 g/mol. The average Bonchev–Trinajstić information content (AvgIpc) is 3.46. The van der Waals surface area contributed by atoms with Crippen molar-refractivity contribution >= 4 is 38.9 Å². The molecule has 0 aliphatic carbocycles. The Morgan fingerprint density at radius 3 is 2.57 bits per heavy atom. The first kappa shape index (κ1) is 21.1. The van der Waals surface area contributed by atoms with Gasteiger partial charge in [-0.25, -0.2) is 8.42 Å². The van der Waals surface area contributed by atoms with Gasteiger partial charge in [0, 0.05) is 24.3 Å². The minimum absolute atomic E-state index is 0.0631. The van der Waals surface area contributed by atoms with Crippen LogP contribution in [0.4, 0.5) is 0 Å². The molecule has 0 spiro atoms. The van der Waals surface area contributed by atoms with Gasteiger partial charge in [0.05, 0.1) is 19.3 Å². The molecule has 0 radical (unpaired) electrons. The van der Waals surface area contributed by atoms with Crippen molar-refractivity contribution in [1.29, 1.82) is 0 Å². The standard InChI is InChI=1S/C20H20ClN3O4S2/c21-16-3-1-14(2-4-16)19(15-5-10-29-13-15)23-20(25)18-11-17(12-22-18)30(26,27)24-6-8-28-9-7-24/h1-5,10-13,19,22H,6-9H2,(H,23,25). The quantitative estimate of drug-likeness (QED) is 0.584. The fraction of sp³-hybridized carbons (Fsp3) is 0.250. The normalized spacial score (nSPS) is 16.3. The SMILES string of the molecule is O=C(NC(c1ccc(Cl)cc1)c1ccsc1)c1cc(S(=O)(=O)N2CCOCC2)c[nH]1. The molecule has 0 saturated carbocycles. The first-order chi connectivity index (χ1) is 14.4. The molecule has 3 aromatic rings. The van der Waals surface area contributed by atoms with Crippen LogP contribution >= 0.6 is 22.9 Å². The predicted molar refractivity (Wildman–Crippen MR) is 115 cm³/mol. The summed E-state index contributed by atoms with van der Waals surface area (Å²) >= 11 is 7.53. The Kier molecular flexibility index (Phi) is 6.26. The average molecular weight is 466 g/mol. The molecule has 2 aromatic heterocycles. The molecule has 1 unspecified atom stereocenters. The first-order valence-electron chi connectivity index (χ1n) is 9.30. The number of carbonyl (C=O) groups excluding carboxylic acids is 1. The summed E-state index contributed by atoms with van der Waals surface area (Å²) in [5.74, 6) is -0.399. The number of halogens is 1. The van der Waals surface area contributed by atoms with E-state index < -0.39 is 15.9 Å². The second kappa shape index (κ2) is 8.91. The van der Waals surface area contributed by atoms with Crippen LogP contribution in [0.15, 0.2) is 58.3 Å². The third-order valence-electron chi connectivity index (χ3n) is 4.86. The van der Waals surface area contributed by atoms with Crippen LogP contribution < -0.4 is 5.32 Å². The van der Waals surface area contributed by atoms with Gasteiger partial charge in [-0.15, -0.1) is 0 Å². The molecule has 30 heavy (non-hydrogen) atoms. The molecular weight excluding hydrogens is 446 g/mol. The topological polar surface area (TPSA) is 91.5 Å². The van der Waals surface area contributed by atoms with Crippen molar-refractivity contribution in [1.82, 2.24) is 14.6 Å². The Morgan fingerprint density at radius 2 is 1.90 bits per heavy atom. The number of H-pyrrole nitrogens is 1. The number of thiophene rings is 1. The van der Waals surface area contributed by atoms with Crippen LogP contribution in [0.2, 0.25) is 5.02 Å². The summed E-state index contributed by atoms with van der Waals surface area (Å²) in [6.07, 6.45) is 1.35. The number of sulfonamides is 1. The zero-order valence-corrected chi connectivity index (χ0v) is 18.3. The van der Waals surface area contributed by atoms with E-state index in [0.29, 0.717) is 31.3 Å². The maximum Gasteiger partial charge on any atom is 0.268 e. The number of nitrogens with one attached hydrogen (secondary N) is 2. The lowest BCUT2D eigenvalue weighted by Gasteiger charge is -2.25. The highest BCUT2D eigenvalue weighted by Gasteiger charge is 2.28. The lowest BCUT2D eigenvalue weighted by atomic mass is 10.0. The van der Waals surface area contributed by atoms with Gasteiger partial charge in [-0.2, -0.15) is 15.6 Å². The van der Waals surface area contributed by atoms with E-state index in [2.05, 4.69) is 10.3 Å². The van der Waals surface area contributed by atoms with E-state index in [9.17, 15) is 13.2 Å². The highest BCUT2D eigenvalue weighted by atomic mass is 35.5. The molecule has 1 fully saturated rings. The maximum absolute atomic E-state index is 12.9. The molecule has 1 saturated heterocycles. The van der Waals surface area contributed by atoms with Gasteiger partial charge in [-0.1, -0.05) is 23.7 Å². The number of rotatable bonds is 6. The van der Waals surface area contributed by atoms with Crippen LogP contribution in [0, 0.1) is 0 Å². The van der Waals surface area contributed by atoms with Crippen molar-refractivity contribution in [3.05, 3.63) is 75.2 Å². The fourth-order valence-corrected chi connectivity index (χ4v) is 5.47. The van der Waals surface area contributed by atoms with Gasteiger partial charge in [0.1, 0.15) is 10.6 Å². The second-order valence-corrected chi connectivity index (χ2v) is 9.93. The van der Waals surface area contributed by atoms with Crippen molar-refractivity contribution in [3.63, 3.8) is 0 Å². The minimum atomic E-state index is -3.67. The Hall–Kier alpha value is -2.17. The number of aromatic amines is 1. The maximum atomic E-state index is 12.9. The first-order valence-corrected chi connectivity index (χ1v) is 12.1. The van der Waals surface area contributed by atoms with Gasteiger partial charge in [-0.3, -0.25) is 4.79 Å². The molecular formula is C20H20ClN3O4S2. The van der Waals surface area contributed by atoms with Crippen molar-refractivity contribution in [2.24, 2.45) is 0 Å². The number of morpholine rings is 1. The number of aromatic nitrogens is 1. The molecule has 1 amide bonds. The van der Waals surface area contributed by atoms with E-state index in [0.717, 1.165) is 11.1 Å². The number of ether oxygens (including phenoxy) is 1. The Balaban J connectivity index is 1.56. The van der Waals surface area contributed by atoms with Crippen LogP contribution in [-0.2, 0) is 14.8 Å². The van der Waals surface area contributed by atoms with Gasteiger partial charge >= 0.3 is 0 Å². The van der Waals surface area contributed by atoms with E-state index in [-0.39, 0.29) is 16.6 Å². The summed E-state index contributed by atoms with van der Waals surface area (Å²) in [5.41, 5.74) is 1.98. The summed E-state index contributed by atoms with van der Waals surface area (Å²) < 4.78 is 32.2. The zero-order chi connectivity index (χ0) is 21.1. The smallest absolute Gasteiger partial charge is 0.268 e. The minimum Gasteiger partial charge on any atom is -0.379 e. The molecule has 7 nitrogen and oxygen atoms in total. The number of amides is 1. The van der Waals surface area contributed by atoms with Crippen molar-refractivity contribution < 1.29 is 17.9 Å². The molecule has 0 bridgehead atoms. The number of hydrogen-bond acceptors (Lipinski definition) is 5. The molecule has 3 heterocycles. The summed E-state index contributed by atoms with van der Waals surface area (Å²) in [5, 5.41) is 7.49. The van der Waals surface area contributed by atoms with Crippen LogP contribution in [0.1, 0.15) is 27.7 Å². The lowest BCUT2D eigenvalue weighted by Crippen LogP contribution is -2.40. The predicted octanol–water partition coefficient (Wildman–Crippen LogP) is 3.27. The number of carbonyl (C=O) groups is 1. The zero-order valence-electron chi connectivity index (χ0n) is 15.9. The molecule has 158 valence electrons. The van der Waals surface area contributed by atoms with Crippen LogP contribution in [0.5, 0.6) is 0 Å². The summed E-state index contributed by atoms with van der Waals surface area (Å²) in [7, 11) is -3.67. The third kappa shape index (κ3) is 4.45. The molecule has 2 N–H and O–H groups in total. The van der Waals surface area contributed by atoms with E-state index in [1.807, 2.05) is 29.0 Å². The van der Waals surface area contributed by atoms with E-state index >= 15 is 0 Å². The van der Waals surface area contributed by atoms with E-state index in [1.54, 1.807) is 12.1 Å². The molecule has 1 aromatic carbocycles. The number of benzene rings is 1. The lowest BCUT2D eigenvalue weighted by molar-refractivity contribution is 0.0730. The van der Waals surface area contributed by atoms with Gasteiger partial charge in [0.2, 0.25) is 10.0 Å². The molecule has 1 atom stereocenters. The largest absolute Gasteiger partial charge is 0.379 e. The van der Waals surface area contributed by atoms with Gasteiger partial charge in [-0.05, 0) is 46.2 Å². The van der Waals surface area contributed by atoms with Crippen molar-refractivity contribution in [2.75, 3.05) is 26.3 Å². The molecule has 1 aliphatic heterocycles. The molecule has 1 aliphatic rings. The Morgan fingerprint density at radius 1 is 1.17 bits per heavy atom. The summed E-state index contributed by atoms with van der Waals surface area (Å²) in [4.78, 5) is 15.8. The summed E-state index contributed by atoms with van der Waals surface area (Å²) in [6.45, 7) is 1.32.